The molecule has 0 aliphatic carbocycles. The minimum atomic E-state index is -1.08. The average Bonchev–Trinajstić information content (AvgIpc) is 3.24. The molecule has 29 heavy (non-hydrogen) atoms. The van der Waals surface area contributed by atoms with Gasteiger partial charge in [0.25, 0.3) is 5.91 Å². The zero-order valence-corrected chi connectivity index (χ0v) is 19.0. The first-order chi connectivity index (χ1) is 13.8. The van der Waals surface area contributed by atoms with Gasteiger partial charge < -0.3 is 9.52 Å². The molecular weight excluding hydrogens is 473 g/mol. The number of carbonyl (C=O) groups excluding carboxylic acids is 1. The molecular formula is C19H15Cl2NO4S3. The smallest absolute Gasteiger partial charge is 0.326 e. The molecule has 2 heterocycles. The predicted molar refractivity (Wildman–Crippen MR) is 124 cm³/mol. The first kappa shape index (κ1) is 22.2. The zero-order chi connectivity index (χ0) is 21.1. The summed E-state index contributed by atoms with van der Waals surface area (Å²) >= 11 is 20.1. The van der Waals surface area contributed by atoms with Crippen LogP contribution in [0.1, 0.15) is 12.2 Å². The molecule has 1 aromatic heterocycles. The van der Waals surface area contributed by atoms with Gasteiger partial charge in [0.1, 0.15) is 21.9 Å². The molecule has 1 aliphatic rings. The van der Waals surface area contributed by atoms with E-state index in [-0.39, 0.29) is 4.32 Å². The monoisotopic (exact) mass is 487 g/mol. The van der Waals surface area contributed by atoms with Crippen molar-refractivity contribution < 1.29 is 19.1 Å². The molecule has 1 amide bonds. The minimum absolute atomic E-state index is 0.222. The van der Waals surface area contributed by atoms with E-state index in [1.165, 1.54) is 16.7 Å². The third kappa shape index (κ3) is 4.83. The molecule has 3 rings (SSSR count). The van der Waals surface area contributed by atoms with E-state index in [0.717, 1.165) is 11.8 Å². The van der Waals surface area contributed by atoms with Crippen molar-refractivity contribution in [2.24, 2.45) is 0 Å². The summed E-state index contributed by atoms with van der Waals surface area (Å²) in [4.78, 5) is 25.9. The fraction of sp³-hybridized carbons (Fsp3) is 0.211. The number of hydrogen-bond donors (Lipinski definition) is 1. The van der Waals surface area contributed by atoms with Crippen LogP contribution in [0.3, 0.4) is 0 Å². The van der Waals surface area contributed by atoms with Crippen LogP contribution in [0.5, 0.6) is 0 Å². The van der Waals surface area contributed by atoms with Crippen molar-refractivity contribution in [1.82, 2.24) is 4.90 Å². The Balaban J connectivity index is 1.86. The van der Waals surface area contributed by atoms with Crippen LogP contribution in [0, 0.1) is 0 Å². The molecule has 1 saturated heterocycles. The standard InChI is InChI=1S/C19H15Cl2NO4S3/c1-28-8-7-13(18(24)25)22-17(23)15(29-19(22)27)9-10-5-6-14(26-10)11-3-2-4-12(20)16(11)21/h2-6,9,13H,7-8H2,1H3,(H,24,25)/b15-9+/t13-/m1/s1. The molecule has 5 nitrogen and oxygen atoms in total. The molecule has 10 heteroatoms. The van der Waals surface area contributed by atoms with Gasteiger partial charge in [-0.3, -0.25) is 9.69 Å². The number of rotatable bonds is 7. The summed E-state index contributed by atoms with van der Waals surface area (Å²) < 4.78 is 6.01. The summed E-state index contributed by atoms with van der Waals surface area (Å²) in [6.45, 7) is 0. The summed E-state index contributed by atoms with van der Waals surface area (Å²) in [6, 6.07) is 7.65. The van der Waals surface area contributed by atoms with Crippen LogP contribution in [0.25, 0.3) is 17.4 Å². The quantitative estimate of drug-likeness (QED) is 0.398. The first-order valence-electron chi connectivity index (χ1n) is 8.36. The van der Waals surface area contributed by atoms with Gasteiger partial charge in [-0.05, 0) is 42.7 Å². The Hall–Kier alpha value is -1.45. The number of aliphatic carboxylic acids is 1. The van der Waals surface area contributed by atoms with Gasteiger partial charge in [-0.2, -0.15) is 11.8 Å². The number of carboxylic acid groups (broad SMARTS) is 1. The largest absolute Gasteiger partial charge is 0.480 e. The van der Waals surface area contributed by atoms with E-state index in [1.807, 2.05) is 6.26 Å². The van der Waals surface area contributed by atoms with E-state index < -0.39 is 17.9 Å². The number of thiocarbonyl (C=S) groups is 1. The van der Waals surface area contributed by atoms with Gasteiger partial charge in [0.15, 0.2) is 0 Å². The number of furan rings is 1. The summed E-state index contributed by atoms with van der Waals surface area (Å²) in [7, 11) is 0. The van der Waals surface area contributed by atoms with E-state index >= 15 is 0 Å². The van der Waals surface area contributed by atoms with Crippen LogP contribution in [-0.4, -0.2) is 44.3 Å². The Bertz CT molecular complexity index is 1010. The SMILES string of the molecule is CSCC[C@H](C(=O)O)N1C(=O)/C(=C\c2ccc(-c3cccc(Cl)c3Cl)o2)SC1=S. The molecule has 152 valence electrons. The lowest BCUT2D eigenvalue weighted by atomic mass is 10.2. The predicted octanol–water partition coefficient (Wildman–Crippen LogP) is 5.66. The van der Waals surface area contributed by atoms with Crippen LogP contribution in [0.15, 0.2) is 39.7 Å². The zero-order valence-electron chi connectivity index (χ0n) is 15.1. The van der Waals surface area contributed by atoms with Crippen molar-refractivity contribution in [3.8, 4) is 11.3 Å². The van der Waals surface area contributed by atoms with E-state index in [9.17, 15) is 14.7 Å². The van der Waals surface area contributed by atoms with Gasteiger partial charge in [0.05, 0.1) is 15.0 Å². The molecule has 1 aliphatic heterocycles. The number of carboxylic acids is 1. The van der Waals surface area contributed by atoms with Crippen LogP contribution in [0.2, 0.25) is 10.0 Å². The highest BCUT2D eigenvalue weighted by Gasteiger charge is 2.40. The highest BCUT2D eigenvalue weighted by molar-refractivity contribution is 8.26. The highest BCUT2D eigenvalue weighted by Crippen LogP contribution is 2.37. The summed E-state index contributed by atoms with van der Waals surface area (Å²) in [5, 5.41) is 10.3. The molecule has 0 bridgehead atoms. The molecule has 0 saturated carbocycles. The van der Waals surface area contributed by atoms with E-state index in [1.54, 1.807) is 36.4 Å². The third-order valence-corrected chi connectivity index (χ3v) is 6.93. The normalized spacial score (nSPS) is 16.7. The molecule has 1 atom stereocenters. The summed E-state index contributed by atoms with van der Waals surface area (Å²) in [6.07, 6.45) is 3.74. The van der Waals surface area contributed by atoms with Gasteiger partial charge in [-0.25, -0.2) is 4.79 Å². The Morgan fingerprint density at radius 3 is 2.83 bits per heavy atom. The summed E-state index contributed by atoms with van der Waals surface area (Å²) in [5.74, 6) is 0.0181. The van der Waals surface area contributed by atoms with Crippen LogP contribution in [0.4, 0.5) is 0 Å². The lowest BCUT2D eigenvalue weighted by Gasteiger charge is -2.22. The maximum atomic E-state index is 12.8. The number of benzene rings is 1. The second kappa shape index (κ2) is 9.57. The van der Waals surface area contributed by atoms with Gasteiger partial charge in [0.2, 0.25) is 0 Å². The lowest BCUT2D eigenvalue weighted by molar-refractivity contribution is -0.145. The van der Waals surface area contributed by atoms with Gasteiger partial charge in [0, 0.05) is 11.6 Å². The van der Waals surface area contributed by atoms with Crippen molar-refractivity contribution >= 4 is 81.2 Å². The topological polar surface area (TPSA) is 70.8 Å². The van der Waals surface area contributed by atoms with E-state index in [0.29, 0.717) is 44.2 Å². The second-order valence-corrected chi connectivity index (χ2v) is 9.44. The Morgan fingerprint density at radius 2 is 2.14 bits per heavy atom. The minimum Gasteiger partial charge on any atom is -0.480 e. The van der Waals surface area contributed by atoms with Gasteiger partial charge in [-0.15, -0.1) is 0 Å². The number of halogens is 2. The van der Waals surface area contributed by atoms with Crippen molar-refractivity contribution in [2.45, 2.75) is 12.5 Å². The van der Waals surface area contributed by atoms with Crippen molar-refractivity contribution in [3.05, 3.63) is 51.0 Å². The van der Waals surface area contributed by atoms with Crippen molar-refractivity contribution in [2.75, 3.05) is 12.0 Å². The molecule has 1 aromatic carbocycles. The molecule has 0 spiro atoms. The molecule has 2 aromatic rings. The number of hydrogen-bond acceptors (Lipinski definition) is 6. The van der Waals surface area contributed by atoms with Crippen LogP contribution >= 0.6 is 58.9 Å². The summed E-state index contributed by atoms with van der Waals surface area (Å²) in [5.41, 5.74) is 0.634. The van der Waals surface area contributed by atoms with Gasteiger partial charge >= 0.3 is 5.97 Å². The number of thioether (sulfide) groups is 2. The fourth-order valence-electron chi connectivity index (χ4n) is 2.74. The van der Waals surface area contributed by atoms with Gasteiger partial charge in [-0.1, -0.05) is 53.2 Å². The Labute approximate surface area is 191 Å². The number of carbonyl (C=O) groups is 2. The van der Waals surface area contributed by atoms with E-state index in [2.05, 4.69) is 0 Å². The maximum Gasteiger partial charge on any atom is 0.326 e. The molecule has 1 fully saturated rings. The lowest BCUT2D eigenvalue weighted by Crippen LogP contribution is -2.44. The Kier molecular flexibility index (Phi) is 7.34. The maximum absolute atomic E-state index is 12.8. The highest BCUT2D eigenvalue weighted by atomic mass is 35.5. The first-order valence-corrected chi connectivity index (χ1v) is 11.7. The second-order valence-electron chi connectivity index (χ2n) is 5.99. The number of amides is 1. The molecule has 0 unspecified atom stereocenters. The third-order valence-electron chi connectivity index (χ3n) is 4.13. The van der Waals surface area contributed by atoms with Crippen LogP contribution < -0.4 is 0 Å². The van der Waals surface area contributed by atoms with E-state index in [4.69, 9.17) is 39.8 Å². The average molecular weight is 488 g/mol. The number of nitrogens with zero attached hydrogens (tertiary/aromatic N) is 1. The van der Waals surface area contributed by atoms with Crippen molar-refractivity contribution in [3.63, 3.8) is 0 Å². The Morgan fingerprint density at radius 1 is 1.38 bits per heavy atom. The fourth-order valence-corrected chi connectivity index (χ4v) is 4.93. The molecule has 1 N–H and O–H groups in total. The molecule has 0 radical (unpaired) electrons. The van der Waals surface area contributed by atoms with Crippen molar-refractivity contribution in [1.29, 1.82) is 0 Å². The van der Waals surface area contributed by atoms with Crippen LogP contribution in [-0.2, 0) is 9.59 Å².